The van der Waals surface area contributed by atoms with Gasteiger partial charge in [0.2, 0.25) is 0 Å². The van der Waals surface area contributed by atoms with Gasteiger partial charge in [-0.05, 0) is 11.6 Å². The normalized spacial score (nSPS) is 17.0. The quantitative estimate of drug-likeness (QED) is 0.904. The van der Waals surface area contributed by atoms with Crippen molar-refractivity contribution in [1.82, 2.24) is 5.32 Å². The lowest BCUT2D eigenvalue weighted by Gasteiger charge is -2.15. The summed E-state index contributed by atoms with van der Waals surface area (Å²) in [7, 11) is 3.34. The van der Waals surface area contributed by atoms with Crippen molar-refractivity contribution in [2.45, 2.75) is 32.6 Å². The van der Waals surface area contributed by atoms with Crippen molar-refractivity contribution in [3.05, 3.63) is 23.3 Å². The smallest absolute Gasteiger partial charge is 0.128 e. The largest absolute Gasteiger partial charge is 0.497 e. The molecular formula is C14H22ClNO3. The molecule has 1 unspecified atom stereocenters. The molecular weight excluding hydrogens is 266 g/mol. The minimum absolute atomic E-state index is 0. The van der Waals surface area contributed by atoms with Crippen molar-refractivity contribution in [3.8, 4) is 11.5 Å². The Hall–Kier alpha value is -0.970. The predicted octanol–water partition coefficient (Wildman–Crippen LogP) is 2.69. The van der Waals surface area contributed by atoms with Crippen LogP contribution in [-0.4, -0.2) is 26.8 Å². The summed E-state index contributed by atoms with van der Waals surface area (Å²) >= 11 is 0. The van der Waals surface area contributed by atoms with Gasteiger partial charge in [-0.3, -0.25) is 0 Å². The van der Waals surface area contributed by atoms with Crippen LogP contribution in [0.4, 0.5) is 0 Å². The Morgan fingerprint density at radius 1 is 1.32 bits per heavy atom. The predicted molar refractivity (Wildman–Crippen MR) is 77.5 cm³/mol. The SMILES string of the molecule is COc1cc(OC)c2c(c1)C(CNC(C)C)OC2.Cl. The first-order valence-corrected chi connectivity index (χ1v) is 6.25. The van der Waals surface area contributed by atoms with Gasteiger partial charge in [-0.2, -0.15) is 0 Å². The maximum Gasteiger partial charge on any atom is 0.128 e. The number of halogens is 1. The highest BCUT2D eigenvalue weighted by Crippen LogP contribution is 2.39. The lowest BCUT2D eigenvalue weighted by Crippen LogP contribution is -2.27. The first kappa shape index (κ1) is 16.1. The number of rotatable bonds is 5. The number of nitrogens with one attached hydrogen (secondary N) is 1. The molecule has 1 heterocycles. The van der Waals surface area contributed by atoms with Crippen LogP contribution in [-0.2, 0) is 11.3 Å². The topological polar surface area (TPSA) is 39.7 Å². The Kier molecular flexibility index (Phi) is 5.91. The molecule has 1 atom stereocenters. The first-order valence-electron chi connectivity index (χ1n) is 6.25. The van der Waals surface area contributed by atoms with E-state index in [9.17, 15) is 0 Å². The summed E-state index contributed by atoms with van der Waals surface area (Å²) < 4.78 is 16.5. The molecule has 0 saturated carbocycles. The number of fused-ring (bicyclic) bond motifs is 1. The van der Waals surface area contributed by atoms with Crippen LogP contribution in [0.1, 0.15) is 31.1 Å². The van der Waals surface area contributed by atoms with Gasteiger partial charge in [0.05, 0.1) is 26.9 Å². The Morgan fingerprint density at radius 2 is 2.05 bits per heavy atom. The monoisotopic (exact) mass is 287 g/mol. The van der Waals surface area contributed by atoms with Crippen LogP contribution >= 0.6 is 12.4 Å². The van der Waals surface area contributed by atoms with E-state index < -0.39 is 0 Å². The van der Waals surface area contributed by atoms with E-state index in [2.05, 4.69) is 19.2 Å². The van der Waals surface area contributed by atoms with E-state index in [1.807, 2.05) is 12.1 Å². The zero-order valence-corrected chi connectivity index (χ0v) is 12.7. The standard InChI is InChI=1S/C14H21NO3.ClH/c1-9(2)15-7-14-11-5-10(16-3)6-13(17-4)12(11)8-18-14;/h5-6,9,14-15H,7-8H2,1-4H3;1H. The van der Waals surface area contributed by atoms with Gasteiger partial charge >= 0.3 is 0 Å². The summed E-state index contributed by atoms with van der Waals surface area (Å²) in [5.41, 5.74) is 2.30. The molecule has 19 heavy (non-hydrogen) atoms. The number of hydrogen-bond donors (Lipinski definition) is 1. The highest BCUT2D eigenvalue weighted by Gasteiger charge is 2.27. The van der Waals surface area contributed by atoms with Crippen LogP contribution in [0.2, 0.25) is 0 Å². The Morgan fingerprint density at radius 3 is 2.63 bits per heavy atom. The molecule has 0 saturated heterocycles. The molecule has 108 valence electrons. The third-order valence-electron chi connectivity index (χ3n) is 3.16. The molecule has 1 aromatic carbocycles. The molecule has 0 amide bonds. The van der Waals surface area contributed by atoms with E-state index in [-0.39, 0.29) is 18.5 Å². The molecule has 1 aromatic rings. The highest BCUT2D eigenvalue weighted by atomic mass is 35.5. The minimum Gasteiger partial charge on any atom is -0.497 e. The van der Waals surface area contributed by atoms with Crippen molar-refractivity contribution in [2.75, 3.05) is 20.8 Å². The summed E-state index contributed by atoms with van der Waals surface area (Å²) in [6.07, 6.45) is 0.0754. The molecule has 0 aliphatic carbocycles. The van der Waals surface area contributed by atoms with Gasteiger partial charge in [0, 0.05) is 24.2 Å². The fraction of sp³-hybridized carbons (Fsp3) is 0.571. The zero-order chi connectivity index (χ0) is 13.1. The third-order valence-corrected chi connectivity index (χ3v) is 3.16. The Bertz CT molecular complexity index is 423. The summed E-state index contributed by atoms with van der Waals surface area (Å²) in [5, 5.41) is 3.40. The molecule has 1 aliphatic rings. The highest BCUT2D eigenvalue weighted by molar-refractivity contribution is 5.85. The molecule has 0 aromatic heterocycles. The van der Waals surface area contributed by atoms with E-state index in [0.29, 0.717) is 12.6 Å². The van der Waals surface area contributed by atoms with Gasteiger partial charge in [0.25, 0.3) is 0 Å². The maximum atomic E-state index is 5.82. The molecule has 1 N–H and O–H groups in total. The summed E-state index contributed by atoms with van der Waals surface area (Å²) in [5.74, 6) is 1.65. The van der Waals surface area contributed by atoms with Crippen molar-refractivity contribution < 1.29 is 14.2 Å². The molecule has 2 rings (SSSR count). The van der Waals surface area contributed by atoms with Crippen LogP contribution in [0.25, 0.3) is 0 Å². The zero-order valence-electron chi connectivity index (χ0n) is 11.9. The minimum atomic E-state index is 0. The molecule has 1 aliphatic heterocycles. The van der Waals surface area contributed by atoms with Gasteiger partial charge in [0.1, 0.15) is 11.5 Å². The molecule has 4 nitrogen and oxygen atoms in total. The van der Waals surface area contributed by atoms with Crippen LogP contribution < -0.4 is 14.8 Å². The van der Waals surface area contributed by atoms with E-state index >= 15 is 0 Å². The van der Waals surface area contributed by atoms with Crippen molar-refractivity contribution >= 4 is 12.4 Å². The molecule has 0 spiro atoms. The second-order valence-corrected chi connectivity index (χ2v) is 4.76. The fourth-order valence-corrected chi connectivity index (χ4v) is 2.17. The lowest BCUT2D eigenvalue weighted by molar-refractivity contribution is 0.0641. The second kappa shape index (κ2) is 6.98. The average molecular weight is 288 g/mol. The van der Waals surface area contributed by atoms with Crippen molar-refractivity contribution in [3.63, 3.8) is 0 Å². The number of ether oxygens (including phenoxy) is 3. The Labute approximate surface area is 120 Å². The lowest BCUT2D eigenvalue weighted by atomic mass is 10.0. The van der Waals surface area contributed by atoms with E-state index in [1.54, 1.807) is 14.2 Å². The van der Waals surface area contributed by atoms with Crippen molar-refractivity contribution in [2.24, 2.45) is 0 Å². The fourth-order valence-electron chi connectivity index (χ4n) is 2.17. The summed E-state index contributed by atoms with van der Waals surface area (Å²) in [6, 6.07) is 4.39. The number of hydrogen-bond acceptors (Lipinski definition) is 4. The van der Waals surface area contributed by atoms with Crippen LogP contribution in [0.15, 0.2) is 12.1 Å². The van der Waals surface area contributed by atoms with Crippen LogP contribution in [0.3, 0.4) is 0 Å². The van der Waals surface area contributed by atoms with Gasteiger partial charge in [0.15, 0.2) is 0 Å². The van der Waals surface area contributed by atoms with Gasteiger partial charge in [-0.1, -0.05) is 13.8 Å². The molecule has 0 fully saturated rings. The first-order chi connectivity index (χ1) is 8.65. The number of methoxy groups -OCH3 is 2. The van der Waals surface area contributed by atoms with Crippen LogP contribution in [0, 0.1) is 0 Å². The second-order valence-electron chi connectivity index (χ2n) is 4.76. The number of benzene rings is 1. The summed E-state index contributed by atoms with van der Waals surface area (Å²) in [6.45, 7) is 5.66. The van der Waals surface area contributed by atoms with E-state index in [1.165, 1.54) is 5.56 Å². The van der Waals surface area contributed by atoms with Crippen LogP contribution in [0.5, 0.6) is 11.5 Å². The van der Waals surface area contributed by atoms with Gasteiger partial charge < -0.3 is 19.5 Å². The third kappa shape index (κ3) is 3.53. The van der Waals surface area contributed by atoms with E-state index in [4.69, 9.17) is 14.2 Å². The average Bonchev–Trinajstić information content (AvgIpc) is 2.78. The summed E-state index contributed by atoms with van der Waals surface area (Å²) in [4.78, 5) is 0. The van der Waals surface area contributed by atoms with E-state index in [0.717, 1.165) is 23.6 Å². The molecule has 5 heteroatoms. The van der Waals surface area contributed by atoms with Gasteiger partial charge in [-0.25, -0.2) is 0 Å². The molecule has 0 bridgehead atoms. The Balaban J connectivity index is 0.00000180. The maximum absolute atomic E-state index is 5.82. The van der Waals surface area contributed by atoms with Gasteiger partial charge in [-0.15, -0.1) is 12.4 Å². The molecule has 0 radical (unpaired) electrons. The van der Waals surface area contributed by atoms with Crippen molar-refractivity contribution in [1.29, 1.82) is 0 Å².